The first kappa shape index (κ1) is 54.4. The smallest absolute Gasteiger partial charge is 0.306 e. The lowest BCUT2D eigenvalue weighted by Gasteiger charge is -2.18. The molecule has 0 aromatic rings. The Morgan fingerprint density at radius 3 is 1.14 bits per heavy atom. The molecule has 0 aliphatic carbocycles. The Balaban J connectivity index is 4.18. The molecule has 5 nitrogen and oxygen atoms in total. The number of carbonyl (C=O) groups is 2. The second-order valence-electron chi connectivity index (χ2n) is 16.7. The van der Waals surface area contributed by atoms with Crippen molar-refractivity contribution in [2.45, 2.75) is 271 Å². The molecule has 1 unspecified atom stereocenters. The molecule has 0 amide bonds. The molecular formula is C51H96O5. The van der Waals surface area contributed by atoms with Gasteiger partial charge in [-0.25, -0.2) is 0 Å². The van der Waals surface area contributed by atoms with E-state index in [-0.39, 0.29) is 25.2 Å². The minimum absolute atomic E-state index is 0.0855. The van der Waals surface area contributed by atoms with Gasteiger partial charge in [-0.1, -0.05) is 218 Å². The minimum Gasteiger partial charge on any atom is -0.462 e. The first-order valence-corrected chi connectivity index (χ1v) is 24.9. The highest BCUT2D eigenvalue weighted by molar-refractivity contribution is 5.70. The Morgan fingerprint density at radius 2 is 0.714 bits per heavy atom. The minimum atomic E-state index is -0.535. The van der Waals surface area contributed by atoms with Gasteiger partial charge in [0.2, 0.25) is 0 Å². The zero-order valence-electron chi connectivity index (χ0n) is 37.9. The summed E-state index contributed by atoms with van der Waals surface area (Å²) in [5, 5.41) is 0. The van der Waals surface area contributed by atoms with Crippen LogP contribution in [0.5, 0.6) is 0 Å². The molecule has 0 N–H and O–H groups in total. The fraction of sp³-hybridized carbons (Fsp3) is 0.882. The number of rotatable bonds is 46. The zero-order chi connectivity index (χ0) is 40.7. The maximum Gasteiger partial charge on any atom is 0.306 e. The summed E-state index contributed by atoms with van der Waals surface area (Å²) in [5.41, 5.74) is 0. The van der Waals surface area contributed by atoms with E-state index < -0.39 is 6.10 Å². The number of carbonyl (C=O) groups excluding carboxylic acids is 2. The van der Waals surface area contributed by atoms with Gasteiger partial charge in [-0.3, -0.25) is 9.59 Å². The van der Waals surface area contributed by atoms with Gasteiger partial charge in [-0.05, 0) is 57.8 Å². The molecule has 0 rings (SSSR count). The van der Waals surface area contributed by atoms with Crippen LogP contribution in [0, 0.1) is 0 Å². The predicted molar refractivity (Wildman–Crippen MR) is 242 cm³/mol. The number of unbranched alkanes of at least 4 members (excludes halogenated alkanes) is 31. The van der Waals surface area contributed by atoms with E-state index in [1.807, 2.05) is 0 Å². The van der Waals surface area contributed by atoms with Gasteiger partial charge in [0.25, 0.3) is 0 Å². The first-order chi connectivity index (χ1) is 27.6. The average Bonchev–Trinajstić information content (AvgIpc) is 3.20. The number of hydrogen-bond acceptors (Lipinski definition) is 5. The fourth-order valence-corrected chi connectivity index (χ4v) is 7.18. The van der Waals surface area contributed by atoms with E-state index in [9.17, 15) is 9.59 Å². The lowest BCUT2D eigenvalue weighted by atomic mass is 10.0. The number of esters is 2. The fourth-order valence-electron chi connectivity index (χ4n) is 7.18. The van der Waals surface area contributed by atoms with E-state index >= 15 is 0 Å². The van der Waals surface area contributed by atoms with Gasteiger partial charge in [-0.2, -0.15) is 0 Å². The summed E-state index contributed by atoms with van der Waals surface area (Å²) in [6, 6.07) is 0. The normalized spacial score (nSPS) is 12.3. The molecule has 0 aliphatic heterocycles. The summed E-state index contributed by atoms with van der Waals surface area (Å²) in [4.78, 5) is 25.3. The van der Waals surface area contributed by atoms with Gasteiger partial charge in [0, 0.05) is 19.4 Å². The van der Waals surface area contributed by atoms with E-state index in [0.29, 0.717) is 19.4 Å². The van der Waals surface area contributed by atoms with E-state index in [0.717, 1.165) is 51.4 Å². The molecule has 0 heterocycles. The van der Waals surface area contributed by atoms with Crippen LogP contribution >= 0.6 is 0 Å². The largest absolute Gasteiger partial charge is 0.462 e. The predicted octanol–water partition coefficient (Wildman–Crippen LogP) is 16.5. The van der Waals surface area contributed by atoms with E-state index in [2.05, 4.69) is 45.1 Å². The summed E-state index contributed by atoms with van der Waals surface area (Å²) < 4.78 is 17.3. The Kier molecular flexibility index (Phi) is 46.4. The van der Waals surface area contributed by atoms with Gasteiger partial charge in [0.05, 0.1) is 6.61 Å². The quantitative estimate of drug-likeness (QED) is 0.0349. The van der Waals surface area contributed by atoms with Crippen LogP contribution in [0.1, 0.15) is 265 Å². The summed E-state index contributed by atoms with van der Waals surface area (Å²) in [6.07, 6.45) is 54.7. The highest BCUT2D eigenvalue weighted by Gasteiger charge is 2.17. The topological polar surface area (TPSA) is 61.8 Å². The molecule has 0 aliphatic rings. The monoisotopic (exact) mass is 789 g/mol. The first-order valence-electron chi connectivity index (χ1n) is 24.9. The third kappa shape index (κ3) is 45.1. The number of allylic oxidation sites excluding steroid dienone is 4. The molecule has 0 bridgehead atoms. The molecule has 0 spiro atoms. The molecule has 0 saturated heterocycles. The average molecular weight is 789 g/mol. The SMILES string of the molecule is CCCC/C=C\CCCCCCCCOCC(COC(=O)CCCCCCCCCCCCCCCCCCC)OC(=O)CCCCCCC/C=C\CCCC. The van der Waals surface area contributed by atoms with Gasteiger partial charge < -0.3 is 14.2 Å². The molecule has 0 aromatic heterocycles. The molecule has 0 fully saturated rings. The van der Waals surface area contributed by atoms with Crippen LogP contribution < -0.4 is 0 Å². The molecule has 0 saturated carbocycles. The van der Waals surface area contributed by atoms with E-state index in [1.165, 1.54) is 180 Å². The van der Waals surface area contributed by atoms with Gasteiger partial charge in [-0.15, -0.1) is 0 Å². The Morgan fingerprint density at radius 1 is 0.375 bits per heavy atom. The van der Waals surface area contributed by atoms with Crippen molar-refractivity contribution in [3.05, 3.63) is 24.3 Å². The second kappa shape index (κ2) is 47.8. The third-order valence-corrected chi connectivity index (χ3v) is 11.0. The van der Waals surface area contributed by atoms with Crippen LogP contribution in [0.15, 0.2) is 24.3 Å². The van der Waals surface area contributed by atoms with Crippen LogP contribution in [0.3, 0.4) is 0 Å². The van der Waals surface area contributed by atoms with Crippen molar-refractivity contribution in [2.75, 3.05) is 19.8 Å². The maximum absolute atomic E-state index is 12.7. The highest BCUT2D eigenvalue weighted by atomic mass is 16.6. The van der Waals surface area contributed by atoms with Crippen molar-refractivity contribution in [1.82, 2.24) is 0 Å². The Hall–Kier alpha value is -1.62. The van der Waals surface area contributed by atoms with Gasteiger partial charge in [0.15, 0.2) is 6.10 Å². The third-order valence-electron chi connectivity index (χ3n) is 11.0. The number of hydrogen-bond donors (Lipinski definition) is 0. The van der Waals surface area contributed by atoms with E-state index in [4.69, 9.17) is 14.2 Å². The summed E-state index contributed by atoms with van der Waals surface area (Å²) in [5.74, 6) is -0.398. The van der Waals surface area contributed by atoms with Crippen LogP contribution in [0.2, 0.25) is 0 Å². The zero-order valence-corrected chi connectivity index (χ0v) is 37.9. The van der Waals surface area contributed by atoms with Crippen molar-refractivity contribution < 1.29 is 23.8 Å². The van der Waals surface area contributed by atoms with Crippen molar-refractivity contribution in [3.8, 4) is 0 Å². The lowest BCUT2D eigenvalue weighted by Crippen LogP contribution is -2.30. The van der Waals surface area contributed by atoms with Crippen molar-refractivity contribution >= 4 is 11.9 Å². The summed E-state index contributed by atoms with van der Waals surface area (Å²) in [7, 11) is 0. The Labute approximate surface area is 349 Å². The molecular weight excluding hydrogens is 693 g/mol. The summed E-state index contributed by atoms with van der Waals surface area (Å²) in [6.45, 7) is 7.78. The standard InChI is InChI=1S/C51H96O5/c1-4-7-10-13-16-19-22-24-25-26-27-28-30-32-35-38-41-44-50(52)55-48-49(47-54-46-43-40-37-34-31-23-20-17-14-11-8-5-2)56-51(53)45-42-39-36-33-29-21-18-15-12-9-6-3/h14-15,17-18,49H,4-13,16,19-48H2,1-3H3/b17-14-,18-15-. The molecule has 56 heavy (non-hydrogen) atoms. The molecule has 0 aromatic carbocycles. The van der Waals surface area contributed by atoms with Crippen LogP contribution in [0.4, 0.5) is 0 Å². The highest BCUT2D eigenvalue weighted by Crippen LogP contribution is 2.15. The molecule has 1 atom stereocenters. The molecule has 0 radical (unpaired) electrons. The van der Waals surface area contributed by atoms with Crippen LogP contribution in [-0.4, -0.2) is 37.9 Å². The van der Waals surface area contributed by atoms with Crippen molar-refractivity contribution in [3.63, 3.8) is 0 Å². The molecule has 5 heteroatoms. The van der Waals surface area contributed by atoms with Crippen LogP contribution in [0.25, 0.3) is 0 Å². The van der Waals surface area contributed by atoms with Crippen molar-refractivity contribution in [1.29, 1.82) is 0 Å². The number of ether oxygens (including phenoxy) is 3. The molecule has 330 valence electrons. The van der Waals surface area contributed by atoms with Gasteiger partial charge >= 0.3 is 11.9 Å². The lowest BCUT2D eigenvalue weighted by molar-refractivity contribution is -0.163. The second-order valence-corrected chi connectivity index (χ2v) is 16.7. The Bertz CT molecular complexity index is 851. The van der Waals surface area contributed by atoms with Crippen LogP contribution in [-0.2, 0) is 23.8 Å². The maximum atomic E-state index is 12.7. The van der Waals surface area contributed by atoms with E-state index in [1.54, 1.807) is 0 Å². The summed E-state index contributed by atoms with van der Waals surface area (Å²) >= 11 is 0. The van der Waals surface area contributed by atoms with Gasteiger partial charge in [0.1, 0.15) is 6.61 Å². The van der Waals surface area contributed by atoms with Crippen molar-refractivity contribution in [2.24, 2.45) is 0 Å².